The fourth-order valence-electron chi connectivity index (χ4n) is 4.31. The van der Waals surface area contributed by atoms with E-state index in [0.717, 1.165) is 11.1 Å². The molecule has 4 aromatic rings. The molecular formula is C33H32N2O5. The largest absolute Gasteiger partial charge is 0.508 e. The average molecular weight is 537 g/mol. The van der Waals surface area contributed by atoms with Crippen LogP contribution in [0, 0.1) is 0 Å². The van der Waals surface area contributed by atoms with Gasteiger partial charge in [0.15, 0.2) is 0 Å². The number of esters is 1. The van der Waals surface area contributed by atoms with Crippen LogP contribution in [0.1, 0.15) is 27.0 Å². The van der Waals surface area contributed by atoms with Crippen molar-refractivity contribution >= 4 is 17.8 Å². The van der Waals surface area contributed by atoms with Gasteiger partial charge in [-0.3, -0.25) is 9.59 Å². The number of aromatic hydroxyl groups is 1. The molecule has 0 aliphatic rings. The molecule has 0 unspecified atom stereocenters. The Bertz CT molecular complexity index is 1390. The first-order valence-corrected chi connectivity index (χ1v) is 13.1. The molecule has 0 radical (unpaired) electrons. The van der Waals surface area contributed by atoms with E-state index in [2.05, 4.69) is 10.6 Å². The summed E-state index contributed by atoms with van der Waals surface area (Å²) >= 11 is 0. The lowest BCUT2D eigenvalue weighted by Crippen LogP contribution is -2.46. The van der Waals surface area contributed by atoms with Crippen LogP contribution >= 0.6 is 0 Å². The molecule has 0 saturated carbocycles. The van der Waals surface area contributed by atoms with Crippen LogP contribution in [-0.2, 0) is 33.6 Å². The lowest BCUT2D eigenvalue weighted by Gasteiger charge is -2.22. The number of hydrogen-bond acceptors (Lipinski definition) is 5. The molecule has 0 aliphatic carbocycles. The molecule has 3 N–H and O–H groups in total. The van der Waals surface area contributed by atoms with Crippen LogP contribution in [0.2, 0.25) is 0 Å². The van der Waals surface area contributed by atoms with E-state index in [1.54, 1.807) is 42.5 Å². The summed E-state index contributed by atoms with van der Waals surface area (Å²) in [5, 5.41) is 15.8. The predicted molar refractivity (Wildman–Crippen MR) is 153 cm³/mol. The molecule has 0 bridgehead atoms. The summed E-state index contributed by atoms with van der Waals surface area (Å²) in [7, 11) is 0. The Balaban J connectivity index is 1.46. The first-order chi connectivity index (χ1) is 19.5. The zero-order chi connectivity index (χ0) is 28.2. The Morgan fingerprint density at radius 1 is 0.675 bits per heavy atom. The first-order valence-electron chi connectivity index (χ1n) is 13.1. The SMILES string of the molecule is O=C(Cc1ccccc1O)N[C@H](Cc1ccccc1)C(=O)OC[C@@H](Cc1ccccc1)NC(=O)c1ccccc1. The summed E-state index contributed by atoms with van der Waals surface area (Å²) in [6.07, 6.45) is 0.594. The van der Waals surface area contributed by atoms with E-state index in [4.69, 9.17) is 4.74 Å². The van der Waals surface area contributed by atoms with Gasteiger partial charge in [-0.1, -0.05) is 97.1 Å². The van der Waals surface area contributed by atoms with Gasteiger partial charge in [-0.05, 0) is 35.7 Å². The Labute approximate surface area is 233 Å². The van der Waals surface area contributed by atoms with E-state index in [1.807, 2.05) is 66.7 Å². The Morgan fingerprint density at radius 2 is 1.23 bits per heavy atom. The molecule has 40 heavy (non-hydrogen) atoms. The highest BCUT2D eigenvalue weighted by Gasteiger charge is 2.25. The van der Waals surface area contributed by atoms with Crippen LogP contribution in [0.3, 0.4) is 0 Å². The number of amides is 2. The maximum Gasteiger partial charge on any atom is 0.329 e. The van der Waals surface area contributed by atoms with Crippen LogP contribution in [0.5, 0.6) is 5.75 Å². The van der Waals surface area contributed by atoms with E-state index in [1.165, 1.54) is 6.07 Å². The molecule has 7 nitrogen and oxygen atoms in total. The highest BCUT2D eigenvalue weighted by molar-refractivity contribution is 5.94. The van der Waals surface area contributed by atoms with E-state index in [0.29, 0.717) is 17.5 Å². The van der Waals surface area contributed by atoms with Crippen molar-refractivity contribution in [2.45, 2.75) is 31.3 Å². The summed E-state index contributed by atoms with van der Waals surface area (Å²) in [6.45, 7) is -0.0765. The number of ether oxygens (including phenoxy) is 1. The minimum atomic E-state index is -0.956. The molecule has 0 saturated heterocycles. The van der Waals surface area contributed by atoms with Crippen molar-refractivity contribution in [3.63, 3.8) is 0 Å². The Kier molecular flexibility index (Phi) is 10.0. The number of nitrogens with one attached hydrogen (secondary N) is 2. The molecule has 7 heteroatoms. The van der Waals surface area contributed by atoms with E-state index in [-0.39, 0.29) is 31.1 Å². The van der Waals surface area contributed by atoms with Gasteiger partial charge >= 0.3 is 5.97 Å². The monoisotopic (exact) mass is 536 g/mol. The minimum Gasteiger partial charge on any atom is -0.508 e. The van der Waals surface area contributed by atoms with Crippen LogP contribution in [-0.4, -0.2) is 41.6 Å². The number of carbonyl (C=O) groups is 3. The molecule has 2 amide bonds. The van der Waals surface area contributed by atoms with Gasteiger partial charge in [0.25, 0.3) is 5.91 Å². The second-order valence-electron chi connectivity index (χ2n) is 9.47. The number of phenols is 1. The lowest BCUT2D eigenvalue weighted by molar-refractivity contribution is -0.148. The lowest BCUT2D eigenvalue weighted by atomic mass is 10.0. The van der Waals surface area contributed by atoms with E-state index >= 15 is 0 Å². The normalized spacial score (nSPS) is 12.1. The van der Waals surface area contributed by atoms with Gasteiger partial charge in [-0.25, -0.2) is 4.79 Å². The molecule has 204 valence electrons. The summed E-state index contributed by atoms with van der Waals surface area (Å²) in [4.78, 5) is 39.1. The van der Waals surface area contributed by atoms with Crippen molar-refractivity contribution in [2.24, 2.45) is 0 Å². The van der Waals surface area contributed by atoms with Crippen molar-refractivity contribution in [3.05, 3.63) is 138 Å². The number of rotatable bonds is 12. The topological polar surface area (TPSA) is 105 Å². The summed E-state index contributed by atoms with van der Waals surface area (Å²) in [5.41, 5.74) is 2.79. The molecule has 0 aromatic heterocycles. The van der Waals surface area contributed by atoms with Gasteiger partial charge in [0.05, 0.1) is 12.5 Å². The summed E-state index contributed by atoms with van der Waals surface area (Å²) < 4.78 is 5.70. The molecule has 4 aromatic carbocycles. The van der Waals surface area contributed by atoms with Crippen molar-refractivity contribution in [2.75, 3.05) is 6.61 Å². The van der Waals surface area contributed by atoms with Crippen LogP contribution in [0.25, 0.3) is 0 Å². The number of hydrogen-bond donors (Lipinski definition) is 3. The molecular weight excluding hydrogens is 504 g/mol. The third-order valence-corrected chi connectivity index (χ3v) is 6.37. The predicted octanol–water partition coefficient (Wildman–Crippen LogP) is 4.25. The number of phenolic OH excluding ortho intramolecular Hbond substituents is 1. The molecule has 0 spiro atoms. The molecule has 0 aliphatic heterocycles. The smallest absolute Gasteiger partial charge is 0.329 e. The van der Waals surface area contributed by atoms with Gasteiger partial charge in [-0.15, -0.1) is 0 Å². The van der Waals surface area contributed by atoms with Crippen LogP contribution in [0.15, 0.2) is 115 Å². The van der Waals surface area contributed by atoms with Gasteiger partial charge in [0.1, 0.15) is 18.4 Å². The summed E-state index contributed by atoms with van der Waals surface area (Å²) in [6, 6.07) is 32.9. The second-order valence-corrected chi connectivity index (χ2v) is 9.47. The number of carbonyl (C=O) groups excluding carboxylic acids is 3. The fourth-order valence-corrected chi connectivity index (χ4v) is 4.31. The maximum absolute atomic E-state index is 13.3. The van der Waals surface area contributed by atoms with Gasteiger partial charge < -0.3 is 20.5 Å². The third kappa shape index (κ3) is 8.56. The third-order valence-electron chi connectivity index (χ3n) is 6.37. The van der Waals surface area contributed by atoms with Crippen molar-refractivity contribution < 1.29 is 24.2 Å². The second kappa shape index (κ2) is 14.3. The van der Waals surface area contributed by atoms with E-state index in [9.17, 15) is 19.5 Å². The molecule has 4 rings (SSSR count). The average Bonchev–Trinajstić information content (AvgIpc) is 2.98. The van der Waals surface area contributed by atoms with Crippen molar-refractivity contribution in [1.82, 2.24) is 10.6 Å². The zero-order valence-electron chi connectivity index (χ0n) is 22.0. The Hall–Kier alpha value is -4.91. The highest BCUT2D eigenvalue weighted by Crippen LogP contribution is 2.16. The van der Waals surface area contributed by atoms with Crippen molar-refractivity contribution in [1.29, 1.82) is 0 Å². The number of benzene rings is 4. The standard InChI is InChI=1S/C33H32N2O5/c36-30-19-11-10-18-27(30)22-31(37)35-29(21-25-14-6-2-7-15-25)33(39)40-23-28(20-24-12-4-1-5-13-24)34-32(38)26-16-8-3-9-17-26/h1-19,28-29,36H,20-23H2,(H,34,38)(H,35,37)/t28-,29-/m1/s1. The number of para-hydroxylation sites is 1. The fraction of sp³-hybridized carbons (Fsp3) is 0.182. The van der Waals surface area contributed by atoms with Crippen LogP contribution in [0.4, 0.5) is 0 Å². The van der Waals surface area contributed by atoms with E-state index < -0.39 is 24.0 Å². The zero-order valence-corrected chi connectivity index (χ0v) is 22.0. The molecule has 0 heterocycles. The summed E-state index contributed by atoms with van der Waals surface area (Å²) in [5.74, 6) is -1.29. The quantitative estimate of drug-likeness (QED) is 0.235. The van der Waals surface area contributed by atoms with Crippen molar-refractivity contribution in [3.8, 4) is 5.75 Å². The molecule has 0 fully saturated rings. The maximum atomic E-state index is 13.3. The first kappa shape index (κ1) is 28.1. The minimum absolute atomic E-state index is 0.0118. The van der Waals surface area contributed by atoms with Gasteiger partial charge in [-0.2, -0.15) is 0 Å². The van der Waals surface area contributed by atoms with Gasteiger partial charge in [0, 0.05) is 17.5 Å². The van der Waals surface area contributed by atoms with Gasteiger partial charge in [0.2, 0.25) is 5.91 Å². The van der Waals surface area contributed by atoms with Crippen LogP contribution < -0.4 is 10.6 Å². The Morgan fingerprint density at radius 3 is 1.85 bits per heavy atom. The molecule has 2 atom stereocenters. The highest BCUT2D eigenvalue weighted by atomic mass is 16.5.